The predicted molar refractivity (Wildman–Crippen MR) is 97.7 cm³/mol. The van der Waals surface area contributed by atoms with Crippen LogP contribution in [0, 0.1) is 5.82 Å². The molecule has 0 saturated heterocycles. The van der Waals surface area contributed by atoms with E-state index in [0.717, 1.165) is 30.0 Å². The molecule has 0 fully saturated rings. The van der Waals surface area contributed by atoms with Crippen LogP contribution in [0.4, 0.5) is 4.39 Å². The Morgan fingerprint density at radius 1 is 1.00 bits per heavy atom. The predicted octanol–water partition coefficient (Wildman–Crippen LogP) is 1.70. The Bertz CT molecular complexity index is 839. The van der Waals surface area contributed by atoms with E-state index in [1.54, 1.807) is 31.4 Å². The molecule has 0 heterocycles. The second-order valence-electron chi connectivity index (χ2n) is 5.48. The van der Waals surface area contributed by atoms with Crippen LogP contribution in [0.1, 0.15) is 6.42 Å². The minimum atomic E-state index is -3.77. The molecule has 0 bridgehead atoms. The van der Waals surface area contributed by atoms with E-state index in [9.17, 15) is 17.6 Å². The van der Waals surface area contributed by atoms with Gasteiger partial charge in [0.1, 0.15) is 23.9 Å². The Kier molecular flexibility index (Phi) is 7.56. The normalized spacial score (nSPS) is 11.0. The average Bonchev–Trinajstić information content (AvgIpc) is 2.66. The first-order valence-corrected chi connectivity index (χ1v) is 9.68. The number of halogens is 1. The summed E-state index contributed by atoms with van der Waals surface area (Å²) in [4.78, 5) is 11.7. The van der Waals surface area contributed by atoms with Gasteiger partial charge >= 0.3 is 0 Å². The van der Waals surface area contributed by atoms with E-state index in [0.29, 0.717) is 5.75 Å². The second kappa shape index (κ2) is 9.89. The van der Waals surface area contributed by atoms with E-state index in [1.165, 1.54) is 0 Å². The summed E-state index contributed by atoms with van der Waals surface area (Å²) < 4.78 is 49.6. The van der Waals surface area contributed by atoms with Gasteiger partial charge in [-0.3, -0.25) is 4.79 Å². The molecule has 9 heteroatoms. The van der Waals surface area contributed by atoms with Crippen LogP contribution < -0.4 is 19.5 Å². The van der Waals surface area contributed by atoms with Crippen molar-refractivity contribution in [1.82, 2.24) is 10.0 Å². The third-order valence-electron chi connectivity index (χ3n) is 3.52. The van der Waals surface area contributed by atoms with Gasteiger partial charge in [-0.25, -0.2) is 17.5 Å². The molecule has 2 N–H and O–H groups in total. The highest BCUT2D eigenvalue weighted by Gasteiger charge is 2.14. The molecule has 2 rings (SSSR count). The van der Waals surface area contributed by atoms with Gasteiger partial charge < -0.3 is 14.8 Å². The minimum Gasteiger partial charge on any atom is -0.497 e. The van der Waals surface area contributed by atoms with Gasteiger partial charge in [0.2, 0.25) is 15.9 Å². The van der Waals surface area contributed by atoms with Crippen molar-refractivity contribution >= 4 is 15.9 Å². The van der Waals surface area contributed by atoms with Gasteiger partial charge in [0.25, 0.3) is 0 Å². The molecule has 7 nitrogen and oxygen atoms in total. The molecule has 27 heavy (non-hydrogen) atoms. The molecule has 0 saturated carbocycles. The number of nitrogens with one attached hydrogen (secondary N) is 2. The third-order valence-corrected chi connectivity index (χ3v) is 5.00. The number of amides is 1. The Morgan fingerprint density at radius 2 is 1.63 bits per heavy atom. The third kappa shape index (κ3) is 6.87. The number of benzene rings is 2. The van der Waals surface area contributed by atoms with Crippen molar-refractivity contribution in [3.63, 3.8) is 0 Å². The molecule has 0 radical (unpaired) electrons. The van der Waals surface area contributed by atoms with Crippen LogP contribution >= 0.6 is 0 Å². The van der Waals surface area contributed by atoms with E-state index in [1.807, 2.05) is 0 Å². The summed E-state index contributed by atoms with van der Waals surface area (Å²) in [5, 5.41) is 2.64. The molecule has 0 aliphatic carbocycles. The van der Waals surface area contributed by atoms with Gasteiger partial charge in [0.05, 0.1) is 18.6 Å². The molecule has 1 amide bonds. The molecular weight excluding hydrogens is 375 g/mol. The van der Waals surface area contributed by atoms with Crippen molar-refractivity contribution in [1.29, 1.82) is 0 Å². The zero-order valence-corrected chi connectivity index (χ0v) is 15.6. The lowest BCUT2D eigenvalue weighted by Gasteiger charge is -2.09. The molecular formula is C18H21FN2O5S. The Morgan fingerprint density at radius 3 is 2.26 bits per heavy atom. The van der Waals surface area contributed by atoms with Crippen molar-refractivity contribution in [2.45, 2.75) is 11.3 Å². The molecule has 0 aromatic heterocycles. The van der Waals surface area contributed by atoms with Gasteiger partial charge in [-0.1, -0.05) is 0 Å². The standard InChI is InChI=1S/C18H21FN2O5S/c1-25-15-4-6-16(7-5-15)26-13-12-20-18(22)10-11-21-27(23,24)17-8-2-14(19)3-9-17/h2-9,21H,10-13H2,1H3,(H,20,22). The van der Waals surface area contributed by atoms with Crippen LogP contribution in [0.5, 0.6) is 11.5 Å². The van der Waals surface area contributed by atoms with Gasteiger partial charge in [-0.2, -0.15) is 0 Å². The highest BCUT2D eigenvalue weighted by molar-refractivity contribution is 7.89. The van der Waals surface area contributed by atoms with Crippen LogP contribution in [0.25, 0.3) is 0 Å². The summed E-state index contributed by atoms with van der Waals surface area (Å²) in [6.07, 6.45) is -0.0248. The highest BCUT2D eigenvalue weighted by Crippen LogP contribution is 2.16. The van der Waals surface area contributed by atoms with Crippen molar-refractivity contribution in [2.75, 3.05) is 26.8 Å². The van der Waals surface area contributed by atoms with Crippen LogP contribution in [0.3, 0.4) is 0 Å². The lowest BCUT2D eigenvalue weighted by Crippen LogP contribution is -2.32. The summed E-state index contributed by atoms with van der Waals surface area (Å²) in [5.74, 6) is 0.538. The maximum atomic E-state index is 12.8. The fourth-order valence-electron chi connectivity index (χ4n) is 2.12. The number of carbonyl (C=O) groups is 1. The molecule has 2 aromatic carbocycles. The van der Waals surface area contributed by atoms with E-state index >= 15 is 0 Å². The number of hydrogen-bond acceptors (Lipinski definition) is 5. The molecule has 146 valence electrons. The van der Waals surface area contributed by atoms with E-state index < -0.39 is 15.8 Å². The summed E-state index contributed by atoms with van der Waals surface area (Å²) in [5.41, 5.74) is 0. The van der Waals surface area contributed by atoms with Gasteiger partial charge in [-0.15, -0.1) is 0 Å². The first-order valence-electron chi connectivity index (χ1n) is 8.19. The topological polar surface area (TPSA) is 93.7 Å². The average molecular weight is 396 g/mol. The molecule has 0 aliphatic rings. The number of hydrogen-bond donors (Lipinski definition) is 2. The highest BCUT2D eigenvalue weighted by atomic mass is 32.2. The monoisotopic (exact) mass is 396 g/mol. The fraction of sp³-hybridized carbons (Fsp3) is 0.278. The molecule has 0 atom stereocenters. The summed E-state index contributed by atoms with van der Waals surface area (Å²) in [7, 11) is -2.20. The van der Waals surface area contributed by atoms with Crippen molar-refractivity contribution < 1.29 is 27.1 Å². The molecule has 2 aromatic rings. The zero-order valence-electron chi connectivity index (χ0n) is 14.8. The lowest BCUT2D eigenvalue weighted by atomic mass is 10.3. The van der Waals surface area contributed by atoms with E-state index in [2.05, 4.69) is 10.0 Å². The quantitative estimate of drug-likeness (QED) is 0.596. The number of carbonyl (C=O) groups excluding carboxylic acids is 1. The Hall–Kier alpha value is -2.65. The van der Waals surface area contributed by atoms with Crippen LogP contribution in [0.15, 0.2) is 53.4 Å². The van der Waals surface area contributed by atoms with Gasteiger partial charge in [-0.05, 0) is 48.5 Å². The number of methoxy groups -OCH3 is 1. The molecule has 0 unspecified atom stereocenters. The lowest BCUT2D eigenvalue weighted by molar-refractivity contribution is -0.121. The van der Waals surface area contributed by atoms with Crippen LogP contribution in [0.2, 0.25) is 0 Å². The minimum absolute atomic E-state index is 0.0248. The number of ether oxygens (including phenoxy) is 2. The number of sulfonamides is 1. The summed E-state index contributed by atoms with van der Waals surface area (Å²) in [6, 6.07) is 11.5. The first-order chi connectivity index (χ1) is 12.9. The SMILES string of the molecule is COc1ccc(OCCNC(=O)CCNS(=O)(=O)c2ccc(F)cc2)cc1. The van der Waals surface area contributed by atoms with E-state index in [-0.39, 0.29) is 36.9 Å². The fourth-order valence-corrected chi connectivity index (χ4v) is 3.15. The summed E-state index contributed by atoms with van der Waals surface area (Å²) in [6.45, 7) is 0.500. The largest absolute Gasteiger partial charge is 0.497 e. The smallest absolute Gasteiger partial charge is 0.240 e. The molecule has 0 spiro atoms. The van der Waals surface area contributed by atoms with Crippen molar-refractivity contribution in [2.24, 2.45) is 0 Å². The van der Waals surface area contributed by atoms with E-state index in [4.69, 9.17) is 9.47 Å². The Labute approximate surface area is 157 Å². The van der Waals surface area contributed by atoms with Crippen LogP contribution in [-0.4, -0.2) is 41.1 Å². The number of rotatable bonds is 10. The van der Waals surface area contributed by atoms with Gasteiger partial charge in [0, 0.05) is 13.0 Å². The van der Waals surface area contributed by atoms with Crippen molar-refractivity contribution in [3.05, 3.63) is 54.3 Å². The first kappa shape index (κ1) is 20.7. The van der Waals surface area contributed by atoms with Crippen LogP contribution in [-0.2, 0) is 14.8 Å². The summed E-state index contributed by atoms with van der Waals surface area (Å²) >= 11 is 0. The second-order valence-corrected chi connectivity index (χ2v) is 7.24. The Balaban J connectivity index is 1.65. The van der Waals surface area contributed by atoms with Crippen molar-refractivity contribution in [3.8, 4) is 11.5 Å². The zero-order chi connectivity index (χ0) is 19.7. The van der Waals surface area contributed by atoms with Gasteiger partial charge in [0.15, 0.2) is 0 Å². The maximum Gasteiger partial charge on any atom is 0.240 e. The molecule has 0 aliphatic heterocycles. The maximum absolute atomic E-state index is 12.8.